The predicted octanol–water partition coefficient (Wildman–Crippen LogP) is 1.47. The first-order valence-corrected chi connectivity index (χ1v) is 4.16. The van der Waals surface area contributed by atoms with Crippen LogP contribution in [0.15, 0.2) is 0 Å². The molecular formula is C9H19NO2. The summed E-state index contributed by atoms with van der Waals surface area (Å²) in [5.74, 6) is -1.00. The predicted molar refractivity (Wildman–Crippen MR) is 48.8 cm³/mol. The van der Waals surface area contributed by atoms with E-state index in [1.165, 1.54) is 0 Å². The zero-order chi connectivity index (χ0) is 10.2. The molecule has 0 spiro atoms. The lowest BCUT2D eigenvalue weighted by Gasteiger charge is -2.40. The van der Waals surface area contributed by atoms with Gasteiger partial charge in [-0.2, -0.15) is 0 Å². The SMILES string of the molecule is CC(C)[C@@](N)(C(=O)O)C(C)(C)C. The fourth-order valence-corrected chi connectivity index (χ4v) is 1.43. The maximum absolute atomic E-state index is 11.0. The van der Waals surface area contributed by atoms with Gasteiger partial charge in [-0.05, 0) is 11.3 Å². The molecule has 3 heteroatoms. The number of carboxylic acids is 1. The molecule has 0 unspecified atom stereocenters. The molecule has 0 saturated heterocycles. The topological polar surface area (TPSA) is 63.3 Å². The van der Waals surface area contributed by atoms with Gasteiger partial charge >= 0.3 is 5.97 Å². The lowest BCUT2D eigenvalue weighted by atomic mass is 9.68. The van der Waals surface area contributed by atoms with E-state index in [2.05, 4.69) is 0 Å². The molecular weight excluding hydrogens is 154 g/mol. The van der Waals surface area contributed by atoms with Gasteiger partial charge in [0.05, 0.1) is 0 Å². The average molecular weight is 173 g/mol. The summed E-state index contributed by atoms with van der Waals surface area (Å²) in [6.45, 7) is 9.21. The molecule has 0 radical (unpaired) electrons. The van der Waals surface area contributed by atoms with Crippen LogP contribution in [0, 0.1) is 11.3 Å². The maximum atomic E-state index is 11.0. The van der Waals surface area contributed by atoms with Crippen molar-refractivity contribution in [2.75, 3.05) is 0 Å². The molecule has 0 aliphatic heterocycles. The van der Waals surface area contributed by atoms with Crippen LogP contribution >= 0.6 is 0 Å². The lowest BCUT2D eigenvalue weighted by Crippen LogP contribution is -2.61. The molecule has 0 heterocycles. The fourth-order valence-electron chi connectivity index (χ4n) is 1.43. The van der Waals surface area contributed by atoms with Crippen LogP contribution in [0.4, 0.5) is 0 Å². The Hall–Kier alpha value is -0.570. The van der Waals surface area contributed by atoms with Crippen molar-refractivity contribution in [1.82, 2.24) is 0 Å². The number of hydrogen-bond donors (Lipinski definition) is 2. The average Bonchev–Trinajstić information content (AvgIpc) is 1.82. The van der Waals surface area contributed by atoms with E-state index in [0.29, 0.717) is 0 Å². The van der Waals surface area contributed by atoms with E-state index in [9.17, 15) is 4.79 Å². The largest absolute Gasteiger partial charge is 0.480 e. The van der Waals surface area contributed by atoms with E-state index in [-0.39, 0.29) is 5.92 Å². The van der Waals surface area contributed by atoms with Crippen molar-refractivity contribution < 1.29 is 9.90 Å². The summed E-state index contributed by atoms with van der Waals surface area (Å²) in [7, 11) is 0. The molecule has 1 atom stereocenters. The first-order valence-electron chi connectivity index (χ1n) is 4.16. The third-order valence-electron chi connectivity index (χ3n) is 2.51. The number of carboxylic acid groups (broad SMARTS) is 1. The van der Waals surface area contributed by atoms with Crippen LogP contribution in [-0.4, -0.2) is 16.6 Å². The Morgan fingerprint density at radius 2 is 1.67 bits per heavy atom. The summed E-state index contributed by atoms with van der Waals surface area (Å²) in [4.78, 5) is 11.0. The highest BCUT2D eigenvalue weighted by molar-refractivity contribution is 5.80. The Labute approximate surface area is 74.0 Å². The molecule has 0 aromatic rings. The summed E-state index contributed by atoms with van der Waals surface area (Å²) in [6, 6.07) is 0. The minimum Gasteiger partial charge on any atom is -0.480 e. The second-order valence-electron chi connectivity index (χ2n) is 4.58. The number of rotatable bonds is 2. The molecule has 12 heavy (non-hydrogen) atoms. The molecule has 0 aliphatic rings. The van der Waals surface area contributed by atoms with Gasteiger partial charge in [0, 0.05) is 0 Å². The van der Waals surface area contributed by atoms with E-state index in [1.807, 2.05) is 34.6 Å². The van der Waals surface area contributed by atoms with Crippen LogP contribution in [0.3, 0.4) is 0 Å². The van der Waals surface area contributed by atoms with Gasteiger partial charge in [0.2, 0.25) is 0 Å². The van der Waals surface area contributed by atoms with Gasteiger partial charge in [-0.25, -0.2) is 0 Å². The smallest absolute Gasteiger partial charge is 0.324 e. The Kier molecular flexibility index (Phi) is 2.91. The molecule has 0 amide bonds. The third-order valence-corrected chi connectivity index (χ3v) is 2.51. The van der Waals surface area contributed by atoms with Crippen molar-refractivity contribution >= 4 is 5.97 Å². The lowest BCUT2D eigenvalue weighted by molar-refractivity contribution is -0.150. The van der Waals surface area contributed by atoms with Crippen LogP contribution in [0.5, 0.6) is 0 Å². The first-order chi connectivity index (χ1) is 5.14. The second kappa shape index (κ2) is 3.05. The Morgan fingerprint density at radius 1 is 1.33 bits per heavy atom. The Balaban J connectivity index is 5.02. The van der Waals surface area contributed by atoms with E-state index in [4.69, 9.17) is 10.8 Å². The summed E-state index contributed by atoms with van der Waals surface area (Å²) < 4.78 is 0. The molecule has 0 saturated carbocycles. The van der Waals surface area contributed by atoms with Gasteiger partial charge < -0.3 is 10.8 Å². The monoisotopic (exact) mass is 173 g/mol. The van der Waals surface area contributed by atoms with E-state index >= 15 is 0 Å². The van der Waals surface area contributed by atoms with Crippen LogP contribution in [-0.2, 0) is 4.79 Å². The minimum atomic E-state index is -1.15. The summed E-state index contributed by atoms with van der Waals surface area (Å²) >= 11 is 0. The van der Waals surface area contributed by atoms with Crippen molar-refractivity contribution in [3.05, 3.63) is 0 Å². The molecule has 0 aromatic heterocycles. The molecule has 0 aromatic carbocycles. The van der Waals surface area contributed by atoms with Crippen LogP contribution in [0.25, 0.3) is 0 Å². The van der Waals surface area contributed by atoms with Crippen molar-refractivity contribution in [2.45, 2.75) is 40.2 Å². The fraction of sp³-hybridized carbons (Fsp3) is 0.889. The summed E-state index contributed by atoms with van der Waals surface area (Å²) in [5.41, 5.74) is 4.29. The number of hydrogen-bond acceptors (Lipinski definition) is 2. The standard InChI is InChI=1S/C9H19NO2/c1-6(2)9(10,7(11)12)8(3,4)5/h6H,10H2,1-5H3,(H,11,12)/t9-/m1/s1. The molecule has 3 N–H and O–H groups in total. The highest BCUT2D eigenvalue weighted by atomic mass is 16.4. The molecule has 0 rings (SSSR count). The molecule has 0 aliphatic carbocycles. The first kappa shape index (κ1) is 11.4. The van der Waals surface area contributed by atoms with Gasteiger partial charge in [0.15, 0.2) is 0 Å². The van der Waals surface area contributed by atoms with Gasteiger partial charge in [-0.1, -0.05) is 34.6 Å². The molecule has 3 nitrogen and oxygen atoms in total. The number of carbonyl (C=O) groups is 1. The molecule has 0 bridgehead atoms. The van der Waals surface area contributed by atoms with Crippen molar-refractivity contribution in [3.63, 3.8) is 0 Å². The van der Waals surface area contributed by atoms with Crippen molar-refractivity contribution in [3.8, 4) is 0 Å². The van der Waals surface area contributed by atoms with Gasteiger partial charge in [-0.15, -0.1) is 0 Å². The highest BCUT2D eigenvalue weighted by Gasteiger charge is 2.47. The van der Waals surface area contributed by atoms with E-state index < -0.39 is 16.9 Å². The van der Waals surface area contributed by atoms with E-state index in [1.54, 1.807) is 0 Å². The summed E-state index contributed by atoms with van der Waals surface area (Å²) in [6.07, 6.45) is 0. The normalized spacial score (nSPS) is 17.6. The van der Waals surface area contributed by atoms with Crippen LogP contribution < -0.4 is 5.73 Å². The summed E-state index contributed by atoms with van der Waals surface area (Å²) in [5, 5.41) is 9.01. The third kappa shape index (κ3) is 1.61. The van der Waals surface area contributed by atoms with Crippen molar-refractivity contribution in [2.24, 2.45) is 17.1 Å². The second-order valence-corrected chi connectivity index (χ2v) is 4.58. The van der Waals surface area contributed by atoms with Gasteiger partial charge in [0.25, 0.3) is 0 Å². The Morgan fingerprint density at radius 3 is 1.67 bits per heavy atom. The van der Waals surface area contributed by atoms with Gasteiger partial charge in [-0.3, -0.25) is 4.79 Å². The number of nitrogens with two attached hydrogens (primary N) is 1. The molecule has 0 fully saturated rings. The maximum Gasteiger partial charge on any atom is 0.324 e. The van der Waals surface area contributed by atoms with Crippen molar-refractivity contribution in [1.29, 1.82) is 0 Å². The minimum absolute atomic E-state index is 0.0741. The molecule has 72 valence electrons. The van der Waals surface area contributed by atoms with Crippen LogP contribution in [0.1, 0.15) is 34.6 Å². The van der Waals surface area contributed by atoms with E-state index in [0.717, 1.165) is 0 Å². The zero-order valence-corrected chi connectivity index (χ0v) is 8.51. The highest BCUT2D eigenvalue weighted by Crippen LogP contribution is 2.34. The number of aliphatic carboxylic acids is 1. The van der Waals surface area contributed by atoms with Gasteiger partial charge in [0.1, 0.15) is 5.54 Å². The zero-order valence-electron chi connectivity index (χ0n) is 8.51. The Bertz CT molecular complexity index is 181. The van der Waals surface area contributed by atoms with Crippen LogP contribution in [0.2, 0.25) is 0 Å². The quantitative estimate of drug-likeness (QED) is 0.664.